The van der Waals surface area contributed by atoms with Gasteiger partial charge in [-0.05, 0) is 43.5 Å². The zero-order chi connectivity index (χ0) is 22.4. The third-order valence-electron chi connectivity index (χ3n) is 5.44. The van der Waals surface area contributed by atoms with Crippen molar-refractivity contribution in [1.29, 1.82) is 0 Å². The summed E-state index contributed by atoms with van der Waals surface area (Å²) in [5, 5.41) is 0. The van der Waals surface area contributed by atoms with Gasteiger partial charge in [0.2, 0.25) is 0 Å². The summed E-state index contributed by atoms with van der Waals surface area (Å²) in [6, 6.07) is 19.9. The summed E-state index contributed by atoms with van der Waals surface area (Å²) in [5.74, 6) is -0.219. The minimum atomic E-state index is -3.39. The quantitative estimate of drug-likeness (QED) is 0.249. The van der Waals surface area contributed by atoms with Crippen LogP contribution < -0.4 is 0 Å². The number of unbranched alkanes of at least 4 members (excludes halogenated alkanes) is 2. The monoisotopic (exact) mass is 445 g/mol. The summed E-state index contributed by atoms with van der Waals surface area (Å²) < 4.78 is 26.7. The maximum absolute atomic E-state index is 14.3. The van der Waals surface area contributed by atoms with Crippen LogP contribution in [0.1, 0.15) is 70.4 Å². The molecule has 172 valence electrons. The molecule has 0 bridgehead atoms. The number of hydrogen-bond acceptors (Lipinski definition) is 4. The highest BCUT2D eigenvalue weighted by molar-refractivity contribution is 7.54. The Kier molecular flexibility index (Phi) is 12.1. The first-order valence-electron chi connectivity index (χ1n) is 11.8. The Morgan fingerprint density at radius 1 is 0.742 bits per heavy atom. The minimum Gasteiger partial charge on any atom is -0.303 e. The molecule has 4 nitrogen and oxygen atoms in total. The van der Waals surface area contributed by atoms with Crippen molar-refractivity contribution < 1.29 is 13.6 Å². The Balaban J connectivity index is 2.27. The molecule has 0 saturated heterocycles. The van der Waals surface area contributed by atoms with E-state index in [0.717, 1.165) is 62.7 Å². The SMILES string of the molecule is CCCCN(CCCC)C(CCC)P(=O)(OCc1ccccc1)OCc1ccccc1. The summed E-state index contributed by atoms with van der Waals surface area (Å²) in [7, 11) is -3.39. The first kappa shape index (κ1) is 25.8. The van der Waals surface area contributed by atoms with Gasteiger partial charge in [-0.1, -0.05) is 101 Å². The molecular weight excluding hydrogens is 405 g/mol. The van der Waals surface area contributed by atoms with Gasteiger partial charge < -0.3 is 9.05 Å². The van der Waals surface area contributed by atoms with Gasteiger partial charge in [0.1, 0.15) is 5.78 Å². The lowest BCUT2D eigenvalue weighted by molar-refractivity contribution is 0.138. The second kappa shape index (κ2) is 14.6. The maximum Gasteiger partial charge on any atom is 0.348 e. The molecule has 0 amide bonds. The fraction of sp³-hybridized carbons (Fsp3) is 0.538. The standard InChI is InChI=1S/C26H40NO3P/c1-4-7-20-27(21-8-5-2)26(15-6-3)31(28,29-22-24-16-11-9-12-17-24)30-23-25-18-13-10-14-19-25/h9-14,16-19,26H,4-8,15,20-23H2,1-3H3. The maximum atomic E-state index is 14.3. The van der Waals surface area contributed by atoms with Gasteiger partial charge in [0.15, 0.2) is 0 Å². The molecule has 31 heavy (non-hydrogen) atoms. The van der Waals surface area contributed by atoms with E-state index in [1.807, 2.05) is 60.7 Å². The molecular formula is C26H40NO3P. The van der Waals surface area contributed by atoms with Crippen LogP contribution in [-0.4, -0.2) is 23.8 Å². The molecule has 1 atom stereocenters. The number of hydrogen-bond donors (Lipinski definition) is 0. The van der Waals surface area contributed by atoms with Crippen LogP contribution in [0.3, 0.4) is 0 Å². The summed E-state index contributed by atoms with van der Waals surface area (Å²) >= 11 is 0. The van der Waals surface area contributed by atoms with E-state index in [1.165, 1.54) is 0 Å². The van der Waals surface area contributed by atoms with Crippen molar-refractivity contribution in [3.63, 3.8) is 0 Å². The molecule has 0 aliphatic rings. The van der Waals surface area contributed by atoms with E-state index in [4.69, 9.17) is 9.05 Å². The largest absolute Gasteiger partial charge is 0.348 e. The Hall–Kier alpha value is -1.45. The second-order valence-corrected chi connectivity index (χ2v) is 10.3. The van der Waals surface area contributed by atoms with Crippen molar-refractivity contribution in [2.45, 2.75) is 78.3 Å². The predicted octanol–water partition coefficient (Wildman–Crippen LogP) is 7.64. The van der Waals surface area contributed by atoms with Crippen molar-refractivity contribution >= 4 is 7.60 Å². The Labute approximate surface area is 189 Å². The van der Waals surface area contributed by atoms with Gasteiger partial charge in [-0.15, -0.1) is 0 Å². The highest BCUT2D eigenvalue weighted by Gasteiger charge is 2.39. The van der Waals surface area contributed by atoms with Gasteiger partial charge in [0, 0.05) is 0 Å². The van der Waals surface area contributed by atoms with E-state index >= 15 is 0 Å². The van der Waals surface area contributed by atoms with Crippen molar-refractivity contribution in [2.24, 2.45) is 0 Å². The van der Waals surface area contributed by atoms with Gasteiger partial charge in [-0.2, -0.15) is 0 Å². The normalized spacial score (nSPS) is 12.9. The minimum absolute atomic E-state index is 0.219. The third-order valence-corrected chi connectivity index (χ3v) is 7.73. The van der Waals surface area contributed by atoms with Crippen LogP contribution in [0.2, 0.25) is 0 Å². The Morgan fingerprint density at radius 3 is 1.58 bits per heavy atom. The molecule has 2 aromatic rings. The van der Waals surface area contributed by atoms with E-state index in [2.05, 4.69) is 25.7 Å². The summed E-state index contributed by atoms with van der Waals surface area (Å²) in [6.45, 7) is 8.98. The van der Waals surface area contributed by atoms with E-state index in [-0.39, 0.29) is 5.78 Å². The molecule has 0 radical (unpaired) electrons. The van der Waals surface area contributed by atoms with Crippen molar-refractivity contribution in [3.05, 3.63) is 71.8 Å². The molecule has 0 aliphatic carbocycles. The fourth-order valence-electron chi connectivity index (χ4n) is 3.62. The molecule has 0 spiro atoms. The molecule has 2 aromatic carbocycles. The van der Waals surface area contributed by atoms with Crippen LogP contribution in [0.5, 0.6) is 0 Å². The highest BCUT2D eigenvalue weighted by atomic mass is 31.2. The summed E-state index contributed by atoms with van der Waals surface area (Å²) in [5.41, 5.74) is 2.02. The average molecular weight is 446 g/mol. The molecule has 0 fully saturated rings. The zero-order valence-corrected chi connectivity index (χ0v) is 20.4. The number of benzene rings is 2. The van der Waals surface area contributed by atoms with E-state index in [9.17, 15) is 4.57 Å². The fourth-order valence-corrected chi connectivity index (χ4v) is 5.90. The lowest BCUT2D eigenvalue weighted by Gasteiger charge is -2.36. The highest BCUT2D eigenvalue weighted by Crippen LogP contribution is 2.57. The Morgan fingerprint density at radius 2 is 1.19 bits per heavy atom. The van der Waals surface area contributed by atoms with E-state index in [0.29, 0.717) is 13.2 Å². The molecule has 1 unspecified atom stereocenters. The van der Waals surface area contributed by atoms with Crippen LogP contribution in [0.4, 0.5) is 0 Å². The first-order valence-corrected chi connectivity index (χ1v) is 13.4. The molecule has 0 aromatic heterocycles. The van der Waals surface area contributed by atoms with Crippen LogP contribution in [0, 0.1) is 0 Å². The molecule has 5 heteroatoms. The van der Waals surface area contributed by atoms with Gasteiger partial charge in [-0.25, -0.2) is 0 Å². The summed E-state index contributed by atoms with van der Waals surface area (Å²) in [6.07, 6.45) is 6.13. The lowest BCUT2D eigenvalue weighted by atomic mass is 10.2. The van der Waals surface area contributed by atoms with Gasteiger partial charge in [-0.3, -0.25) is 9.46 Å². The number of nitrogens with zero attached hydrogens (tertiary/aromatic N) is 1. The molecule has 0 N–H and O–H groups in total. The number of rotatable bonds is 16. The van der Waals surface area contributed by atoms with E-state index < -0.39 is 7.60 Å². The zero-order valence-electron chi connectivity index (χ0n) is 19.5. The van der Waals surface area contributed by atoms with Crippen LogP contribution in [0.15, 0.2) is 60.7 Å². The van der Waals surface area contributed by atoms with Gasteiger partial charge in [0.25, 0.3) is 0 Å². The molecule has 0 saturated carbocycles. The Bertz CT molecular complexity index is 698. The average Bonchev–Trinajstić information content (AvgIpc) is 2.82. The smallest absolute Gasteiger partial charge is 0.303 e. The summed E-state index contributed by atoms with van der Waals surface area (Å²) in [4.78, 5) is 2.37. The lowest BCUT2D eigenvalue weighted by Crippen LogP contribution is -2.37. The van der Waals surface area contributed by atoms with Crippen molar-refractivity contribution in [2.75, 3.05) is 13.1 Å². The second-order valence-electron chi connectivity index (χ2n) is 8.07. The van der Waals surface area contributed by atoms with Gasteiger partial charge >= 0.3 is 7.60 Å². The molecule has 0 heterocycles. The van der Waals surface area contributed by atoms with Crippen molar-refractivity contribution in [3.8, 4) is 0 Å². The van der Waals surface area contributed by atoms with Crippen LogP contribution >= 0.6 is 7.60 Å². The predicted molar refractivity (Wildman–Crippen MR) is 130 cm³/mol. The van der Waals surface area contributed by atoms with Crippen molar-refractivity contribution in [1.82, 2.24) is 4.90 Å². The van der Waals surface area contributed by atoms with E-state index in [1.54, 1.807) is 0 Å². The topological polar surface area (TPSA) is 38.8 Å². The first-order chi connectivity index (χ1) is 15.1. The van der Waals surface area contributed by atoms with Crippen LogP contribution in [-0.2, 0) is 26.8 Å². The molecule has 2 rings (SSSR count). The molecule has 0 aliphatic heterocycles. The van der Waals surface area contributed by atoms with Gasteiger partial charge in [0.05, 0.1) is 13.2 Å². The third kappa shape index (κ3) is 8.90. The van der Waals surface area contributed by atoms with Crippen LogP contribution in [0.25, 0.3) is 0 Å².